The highest BCUT2D eigenvalue weighted by Gasteiger charge is 2.19. The van der Waals surface area contributed by atoms with Gasteiger partial charge in [-0.15, -0.1) is 0 Å². The van der Waals surface area contributed by atoms with Crippen molar-refractivity contribution in [1.82, 2.24) is 19.4 Å². The zero-order valence-electron chi connectivity index (χ0n) is 14.8. The first-order chi connectivity index (χ1) is 12.0. The van der Waals surface area contributed by atoms with Crippen molar-refractivity contribution >= 4 is 16.9 Å². The van der Waals surface area contributed by atoms with Crippen molar-refractivity contribution in [2.24, 2.45) is 7.05 Å². The Bertz CT molecular complexity index is 900. The molecular weight excluding hydrogens is 328 g/mol. The molecular formula is C16H22N4O5. The van der Waals surface area contributed by atoms with Crippen LogP contribution in [0.25, 0.3) is 11.0 Å². The molecule has 0 unspecified atom stereocenters. The van der Waals surface area contributed by atoms with Crippen LogP contribution in [0.3, 0.4) is 0 Å². The molecule has 9 nitrogen and oxygen atoms in total. The predicted octanol–water partition coefficient (Wildman–Crippen LogP) is -0.571. The molecule has 136 valence electrons. The molecule has 0 fully saturated rings. The van der Waals surface area contributed by atoms with E-state index in [1.807, 2.05) is 6.92 Å². The van der Waals surface area contributed by atoms with Crippen molar-refractivity contribution in [2.75, 3.05) is 27.4 Å². The van der Waals surface area contributed by atoms with Crippen LogP contribution in [0.5, 0.6) is 5.75 Å². The molecule has 0 spiro atoms. The summed E-state index contributed by atoms with van der Waals surface area (Å²) in [6.45, 7) is 2.16. The number of amides is 1. The number of aromatic nitrogens is 3. The first kappa shape index (κ1) is 18.7. The van der Waals surface area contributed by atoms with E-state index in [4.69, 9.17) is 9.47 Å². The largest absolute Gasteiger partial charge is 0.495 e. The van der Waals surface area contributed by atoms with Crippen molar-refractivity contribution in [3.8, 4) is 5.75 Å². The highest BCUT2D eigenvalue weighted by molar-refractivity contribution is 5.83. The molecule has 0 aliphatic carbocycles. The first-order valence-electron chi connectivity index (χ1n) is 7.87. The molecule has 1 amide bonds. The maximum absolute atomic E-state index is 12.8. The van der Waals surface area contributed by atoms with Gasteiger partial charge in [-0.05, 0) is 6.42 Å². The molecule has 0 radical (unpaired) electrons. The van der Waals surface area contributed by atoms with Crippen LogP contribution in [-0.2, 0) is 29.5 Å². The summed E-state index contributed by atoms with van der Waals surface area (Å²) < 4.78 is 12.3. The number of rotatable bonds is 7. The van der Waals surface area contributed by atoms with Crippen LogP contribution in [0, 0.1) is 0 Å². The fourth-order valence-corrected chi connectivity index (χ4v) is 2.58. The number of methoxy groups -OCH3 is 2. The van der Waals surface area contributed by atoms with E-state index in [0.717, 1.165) is 10.1 Å². The number of nitrogens with one attached hydrogen (secondary N) is 1. The van der Waals surface area contributed by atoms with Crippen molar-refractivity contribution in [2.45, 2.75) is 19.9 Å². The second-order valence-corrected chi connectivity index (χ2v) is 5.44. The number of pyridine rings is 1. The molecule has 25 heavy (non-hydrogen) atoms. The van der Waals surface area contributed by atoms with E-state index in [1.165, 1.54) is 25.8 Å². The van der Waals surface area contributed by atoms with Crippen LogP contribution in [0.2, 0.25) is 0 Å². The molecule has 2 aromatic rings. The number of hydrogen-bond acceptors (Lipinski definition) is 6. The minimum Gasteiger partial charge on any atom is -0.495 e. The molecule has 2 aromatic heterocycles. The molecule has 0 aliphatic heterocycles. The summed E-state index contributed by atoms with van der Waals surface area (Å²) in [5, 5.41) is 2.78. The lowest BCUT2D eigenvalue weighted by Gasteiger charge is -2.14. The molecule has 0 saturated carbocycles. The van der Waals surface area contributed by atoms with Gasteiger partial charge in [0.05, 0.1) is 13.7 Å². The van der Waals surface area contributed by atoms with E-state index in [0.29, 0.717) is 25.3 Å². The van der Waals surface area contributed by atoms with E-state index in [1.54, 1.807) is 6.20 Å². The Morgan fingerprint density at radius 1 is 1.32 bits per heavy atom. The average molecular weight is 350 g/mol. The average Bonchev–Trinajstić information content (AvgIpc) is 2.62. The third-order valence-electron chi connectivity index (χ3n) is 3.89. The zero-order chi connectivity index (χ0) is 18.6. The lowest BCUT2D eigenvalue weighted by Crippen LogP contribution is -2.44. The molecule has 9 heteroatoms. The Balaban J connectivity index is 2.60. The standard InChI is InChI=1S/C16H22N4O5/c1-5-10-8-18-14-12(13(10)25-4)15(22)20(16(23)19(14)2)9-11(21)17-6-7-24-3/h8H,5-7,9H2,1-4H3,(H,17,21). The molecule has 0 saturated heterocycles. The SMILES string of the molecule is CCc1cnc2c(c1OC)c(=O)n(CC(=O)NCCOC)c(=O)n2C. The number of hydrogen-bond donors (Lipinski definition) is 1. The van der Waals surface area contributed by atoms with Gasteiger partial charge in [0, 0.05) is 32.5 Å². The predicted molar refractivity (Wildman–Crippen MR) is 92.1 cm³/mol. The third-order valence-corrected chi connectivity index (χ3v) is 3.89. The van der Waals surface area contributed by atoms with Crippen LogP contribution in [0.4, 0.5) is 0 Å². The Labute approximate surface area is 144 Å². The van der Waals surface area contributed by atoms with E-state index in [2.05, 4.69) is 10.3 Å². The fourth-order valence-electron chi connectivity index (χ4n) is 2.58. The van der Waals surface area contributed by atoms with Gasteiger partial charge in [0.1, 0.15) is 17.7 Å². The van der Waals surface area contributed by atoms with Crippen LogP contribution in [-0.4, -0.2) is 47.4 Å². The van der Waals surface area contributed by atoms with Gasteiger partial charge in [-0.1, -0.05) is 6.92 Å². The summed E-state index contributed by atoms with van der Waals surface area (Å²) in [7, 11) is 4.47. The summed E-state index contributed by atoms with van der Waals surface area (Å²) in [6, 6.07) is 0. The normalized spacial score (nSPS) is 10.9. The fraction of sp³-hybridized carbons (Fsp3) is 0.500. The quantitative estimate of drug-likeness (QED) is 0.671. The lowest BCUT2D eigenvalue weighted by atomic mass is 10.1. The lowest BCUT2D eigenvalue weighted by molar-refractivity contribution is -0.121. The van der Waals surface area contributed by atoms with Gasteiger partial charge >= 0.3 is 5.69 Å². The van der Waals surface area contributed by atoms with Crippen LogP contribution >= 0.6 is 0 Å². The number of nitrogens with zero attached hydrogens (tertiary/aromatic N) is 3. The second kappa shape index (κ2) is 7.93. The summed E-state index contributed by atoms with van der Waals surface area (Å²) in [5.74, 6) is -0.0733. The summed E-state index contributed by atoms with van der Waals surface area (Å²) >= 11 is 0. The van der Waals surface area contributed by atoms with Crippen molar-refractivity contribution in [1.29, 1.82) is 0 Å². The van der Waals surface area contributed by atoms with Gasteiger partial charge in [-0.3, -0.25) is 14.2 Å². The summed E-state index contributed by atoms with van der Waals surface area (Å²) in [4.78, 5) is 41.5. The second-order valence-electron chi connectivity index (χ2n) is 5.44. The van der Waals surface area contributed by atoms with E-state index >= 15 is 0 Å². The van der Waals surface area contributed by atoms with Gasteiger partial charge in [0.2, 0.25) is 5.91 Å². The number of fused-ring (bicyclic) bond motifs is 1. The Hall–Kier alpha value is -2.68. The van der Waals surface area contributed by atoms with Gasteiger partial charge in [0.25, 0.3) is 5.56 Å². The number of ether oxygens (including phenoxy) is 2. The maximum atomic E-state index is 12.8. The number of carbonyl (C=O) groups is 1. The monoisotopic (exact) mass is 350 g/mol. The van der Waals surface area contributed by atoms with E-state index in [-0.39, 0.29) is 17.6 Å². The van der Waals surface area contributed by atoms with Gasteiger partial charge in [-0.25, -0.2) is 14.3 Å². The third kappa shape index (κ3) is 3.55. The highest BCUT2D eigenvalue weighted by atomic mass is 16.5. The smallest absolute Gasteiger partial charge is 0.332 e. The van der Waals surface area contributed by atoms with Crippen molar-refractivity contribution in [3.63, 3.8) is 0 Å². The van der Waals surface area contributed by atoms with Gasteiger partial charge in [0.15, 0.2) is 5.65 Å². The zero-order valence-corrected chi connectivity index (χ0v) is 14.8. The molecule has 2 rings (SSSR count). The van der Waals surface area contributed by atoms with E-state index < -0.39 is 17.2 Å². The molecule has 0 aliphatic rings. The minimum atomic E-state index is -0.613. The molecule has 0 bridgehead atoms. The molecule has 2 heterocycles. The Kier molecular flexibility index (Phi) is 5.92. The summed E-state index contributed by atoms with van der Waals surface area (Å²) in [5.41, 5.74) is -0.236. The highest BCUT2D eigenvalue weighted by Crippen LogP contribution is 2.24. The summed E-state index contributed by atoms with van der Waals surface area (Å²) in [6.07, 6.45) is 2.20. The molecule has 0 aromatic carbocycles. The minimum absolute atomic E-state index is 0.189. The maximum Gasteiger partial charge on any atom is 0.332 e. The van der Waals surface area contributed by atoms with Crippen LogP contribution in [0.15, 0.2) is 15.8 Å². The first-order valence-corrected chi connectivity index (χ1v) is 7.87. The van der Waals surface area contributed by atoms with Crippen LogP contribution < -0.4 is 21.3 Å². The topological polar surface area (TPSA) is 104 Å². The van der Waals surface area contributed by atoms with Crippen LogP contribution in [0.1, 0.15) is 12.5 Å². The Morgan fingerprint density at radius 3 is 2.64 bits per heavy atom. The van der Waals surface area contributed by atoms with Crippen molar-refractivity contribution < 1.29 is 14.3 Å². The van der Waals surface area contributed by atoms with E-state index in [9.17, 15) is 14.4 Å². The Morgan fingerprint density at radius 2 is 2.04 bits per heavy atom. The van der Waals surface area contributed by atoms with Gasteiger partial charge in [-0.2, -0.15) is 0 Å². The van der Waals surface area contributed by atoms with Gasteiger partial charge < -0.3 is 14.8 Å². The number of aryl methyl sites for hydroxylation is 2. The molecule has 0 atom stereocenters. The number of carbonyl (C=O) groups excluding carboxylic acids is 1. The van der Waals surface area contributed by atoms with Crippen molar-refractivity contribution in [3.05, 3.63) is 32.6 Å². The molecule has 1 N–H and O–H groups in total.